The number of nitrogens with one attached hydrogen (secondary N) is 1. The molecule has 0 fully saturated rings. The molecule has 0 saturated heterocycles. The van der Waals surface area contributed by atoms with E-state index in [9.17, 15) is 4.79 Å². The van der Waals surface area contributed by atoms with Crippen LogP contribution in [0.25, 0.3) is 16.5 Å². The molecule has 1 N–H and O–H groups in total. The van der Waals surface area contributed by atoms with E-state index in [1.54, 1.807) is 4.68 Å². The van der Waals surface area contributed by atoms with Gasteiger partial charge in [0.25, 0.3) is 0 Å². The van der Waals surface area contributed by atoms with Gasteiger partial charge in [0.05, 0.1) is 17.5 Å². The zero-order valence-corrected chi connectivity index (χ0v) is 16.1. The van der Waals surface area contributed by atoms with Crippen LogP contribution in [0.5, 0.6) is 0 Å². The fourth-order valence-electron chi connectivity index (χ4n) is 3.05. The molecule has 0 spiro atoms. The molecular weight excluding hydrogens is 370 g/mol. The van der Waals surface area contributed by atoms with Crippen LogP contribution in [0.15, 0.2) is 78.0 Å². The van der Waals surface area contributed by atoms with Crippen molar-refractivity contribution in [3.63, 3.8) is 0 Å². The van der Waals surface area contributed by atoms with Gasteiger partial charge in [0, 0.05) is 5.39 Å². The Kier molecular flexibility index (Phi) is 5.34. The standard InChI is InChI=1S/C21H19N5OS/c1-15(16-8-3-2-4-9-16)22-20(27)14-28-21-23-24-25-26(21)19-13-7-11-17-10-5-6-12-18(17)19/h2-13,15H,14H2,1H3,(H,22,27)/t15-/m0/s1. The summed E-state index contributed by atoms with van der Waals surface area (Å²) in [6, 6.07) is 23.9. The Morgan fingerprint density at radius 2 is 1.79 bits per heavy atom. The summed E-state index contributed by atoms with van der Waals surface area (Å²) in [6.07, 6.45) is 0. The number of rotatable bonds is 6. The number of benzene rings is 3. The number of thioether (sulfide) groups is 1. The van der Waals surface area contributed by atoms with Crippen molar-refractivity contribution in [2.75, 3.05) is 5.75 Å². The first-order valence-corrected chi connectivity index (χ1v) is 9.94. The fourth-order valence-corrected chi connectivity index (χ4v) is 3.75. The molecule has 6 nitrogen and oxygen atoms in total. The van der Waals surface area contributed by atoms with Crippen LogP contribution in [0.3, 0.4) is 0 Å². The zero-order chi connectivity index (χ0) is 19.3. The molecule has 1 heterocycles. The number of nitrogens with zero attached hydrogens (tertiary/aromatic N) is 4. The Bertz CT molecular complexity index is 1090. The number of carbonyl (C=O) groups is 1. The summed E-state index contributed by atoms with van der Waals surface area (Å²) >= 11 is 1.32. The lowest BCUT2D eigenvalue weighted by Crippen LogP contribution is -2.28. The summed E-state index contributed by atoms with van der Waals surface area (Å²) in [5, 5.41) is 17.8. The van der Waals surface area contributed by atoms with Crippen LogP contribution >= 0.6 is 11.8 Å². The van der Waals surface area contributed by atoms with Crippen molar-refractivity contribution >= 4 is 28.4 Å². The maximum Gasteiger partial charge on any atom is 0.230 e. The minimum absolute atomic E-state index is 0.0524. The van der Waals surface area contributed by atoms with E-state index >= 15 is 0 Å². The summed E-state index contributed by atoms with van der Waals surface area (Å²) in [4.78, 5) is 12.4. The van der Waals surface area contributed by atoms with Gasteiger partial charge in [-0.25, -0.2) is 0 Å². The number of fused-ring (bicyclic) bond motifs is 1. The van der Waals surface area contributed by atoms with Crippen LogP contribution in [0.1, 0.15) is 18.5 Å². The Labute approximate surface area is 167 Å². The fraction of sp³-hybridized carbons (Fsp3) is 0.143. The summed E-state index contributed by atoms with van der Waals surface area (Å²) in [5.41, 5.74) is 1.96. The minimum Gasteiger partial charge on any atom is -0.349 e. The van der Waals surface area contributed by atoms with Gasteiger partial charge in [-0.05, 0) is 34.4 Å². The van der Waals surface area contributed by atoms with E-state index in [0.29, 0.717) is 5.16 Å². The number of amides is 1. The van der Waals surface area contributed by atoms with Gasteiger partial charge in [0.2, 0.25) is 11.1 Å². The molecule has 4 aromatic rings. The van der Waals surface area contributed by atoms with Crippen LogP contribution in [0, 0.1) is 0 Å². The van der Waals surface area contributed by atoms with Gasteiger partial charge in [-0.2, -0.15) is 4.68 Å². The molecule has 0 saturated carbocycles. The second-order valence-electron chi connectivity index (χ2n) is 6.36. The molecule has 0 aliphatic rings. The first-order chi connectivity index (χ1) is 13.7. The number of aromatic nitrogens is 4. The van der Waals surface area contributed by atoms with Gasteiger partial charge in [0.1, 0.15) is 0 Å². The predicted octanol–water partition coefficient (Wildman–Crippen LogP) is 3.79. The Morgan fingerprint density at radius 1 is 1.04 bits per heavy atom. The predicted molar refractivity (Wildman–Crippen MR) is 110 cm³/mol. The molecule has 0 radical (unpaired) electrons. The lowest BCUT2D eigenvalue weighted by molar-refractivity contribution is -0.119. The highest BCUT2D eigenvalue weighted by molar-refractivity contribution is 7.99. The van der Waals surface area contributed by atoms with Crippen LogP contribution in [0.2, 0.25) is 0 Å². The average molecular weight is 389 g/mol. The van der Waals surface area contributed by atoms with Gasteiger partial charge in [-0.15, -0.1) is 5.10 Å². The smallest absolute Gasteiger partial charge is 0.230 e. The van der Waals surface area contributed by atoms with Crippen molar-refractivity contribution in [2.45, 2.75) is 18.1 Å². The zero-order valence-electron chi connectivity index (χ0n) is 15.3. The van der Waals surface area contributed by atoms with E-state index in [1.165, 1.54) is 11.8 Å². The van der Waals surface area contributed by atoms with Gasteiger partial charge in [0.15, 0.2) is 0 Å². The number of tetrazole rings is 1. The number of hydrogen-bond acceptors (Lipinski definition) is 5. The lowest BCUT2D eigenvalue weighted by Gasteiger charge is -2.14. The highest BCUT2D eigenvalue weighted by Gasteiger charge is 2.15. The van der Waals surface area contributed by atoms with Crippen molar-refractivity contribution in [1.29, 1.82) is 0 Å². The molecule has 3 aromatic carbocycles. The van der Waals surface area contributed by atoms with E-state index in [4.69, 9.17) is 0 Å². The third-order valence-corrected chi connectivity index (χ3v) is 5.36. The Morgan fingerprint density at radius 3 is 2.64 bits per heavy atom. The average Bonchev–Trinajstić information content (AvgIpc) is 3.21. The van der Waals surface area contributed by atoms with Crippen molar-refractivity contribution in [3.05, 3.63) is 78.4 Å². The van der Waals surface area contributed by atoms with Gasteiger partial charge in [-0.3, -0.25) is 4.79 Å². The summed E-state index contributed by atoms with van der Waals surface area (Å²) in [5.74, 6) is 0.177. The highest BCUT2D eigenvalue weighted by Crippen LogP contribution is 2.25. The first kappa shape index (κ1) is 18.2. The molecule has 140 valence electrons. The molecular formula is C21H19N5OS. The molecule has 0 unspecified atom stereocenters. The summed E-state index contributed by atoms with van der Waals surface area (Å²) in [6.45, 7) is 1.97. The Hall–Kier alpha value is -3.19. The quantitative estimate of drug-likeness (QED) is 0.508. The molecule has 4 rings (SSSR count). The van der Waals surface area contributed by atoms with Gasteiger partial charge >= 0.3 is 0 Å². The van der Waals surface area contributed by atoms with E-state index in [1.807, 2.05) is 67.6 Å². The van der Waals surface area contributed by atoms with E-state index in [0.717, 1.165) is 22.0 Å². The second-order valence-corrected chi connectivity index (χ2v) is 7.30. The number of hydrogen-bond donors (Lipinski definition) is 1. The molecule has 0 bridgehead atoms. The van der Waals surface area contributed by atoms with Gasteiger partial charge < -0.3 is 5.32 Å². The van der Waals surface area contributed by atoms with Gasteiger partial charge in [-0.1, -0.05) is 78.5 Å². The molecule has 7 heteroatoms. The summed E-state index contributed by atoms with van der Waals surface area (Å²) in [7, 11) is 0. The number of carbonyl (C=O) groups excluding carboxylic acids is 1. The molecule has 1 atom stereocenters. The van der Waals surface area contributed by atoms with Crippen LogP contribution in [-0.4, -0.2) is 31.9 Å². The molecule has 0 aliphatic carbocycles. The Balaban J connectivity index is 1.47. The topological polar surface area (TPSA) is 72.7 Å². The largest absolute Gasteiger partial charge is 0.349 e. The first-order valence-electron chi connectivity index (χ1n) is 8.96. The minimum atomic E-state index is -0.0613. The van der Waals surface area contributed by atoms with Crippen LogP contribution in [0.4, 0.5) is 0 Å². The lowest BCUT2D eigenvalue weighted by atomic mass is 10.1. The maximum absolute atomic E-state index is 12.4. The van der Waals surface area contributed by atoms with E-state index < -0.39 is 0 Å². The van der Waals surface area contributed by atoms with E-state index in [2.05, 4.69) is 33.0 Å². The molecule has 1 amide bonds. The SMILES string of the molecule is C[C@H](NC(=O)CSc1nnnn1-c1cccc2ccccc12)c1ccccc1. The van der Waals surface area contributed by atoms with Crippen molar-refractivity contribution < 1.29 is 4.79 Å². The monoisotopic (exact) mass is 389 g/mol. The normalized spacial score (nSPS) is 12.0. The molecule has 0 aliphatic heterocycles. The maximum atomic E-state index is 12.4. The summed E-state index contributed by atoms with van der Waals surface area (Å²) < 4.78 is 1.68. The van der Waals surface area contributed by atoms with E-state index in [-0.39, 0.29) is 17.7 Å². The second kappa shape index (κ2) is 8.22. The highest BCUT2D eigenvalue weighted by atomic mass is 32.2. The molecule has 28 heavy (non-hydrogen) atoms. The van der Waals surface area contributed by atoms with Crippen molar-refractivity contribution in [1.82, 2.24) is 25.5 Å². The van der Waals surface area contributed by atoms with Crippen molar-refractivity contribution in [3.8, 4) is 5.69 Å². The third kappa shape index (κ3) is 3.89. The van der Waals surface area contributed by atoms with Crippen molar-refractivity contribution in [2.24, 2.45) is 0 Å². The van der Waals surface area contributed by atoms with Crippen LogP contribution in [-0.2, 0) is 4.79 Å². The molecule has 1 aromatic heterocycles. The van der Waals surface area contributed by atoms with Crippen LogP contribution < -0.4 is 5.32 Å². The third-order valence-electron chi connectivity index (χ3n) is 4.45.